The number of hydrogen-bond donors (Lipinski definition) is 1. The third-order valence-electron chi connectivity index (χ3n) is 4.47. The molecule has 0 radical (unpaired) electrons. The van der Waals surface area contributed by atoms with Crippen molar-refractivity contribution >= 4 is 0 Å². The average Bonchev–Trinajstić information content (AvgIpc) is 3.05. The normalized spacial score (nSPS) is 10.9. The van der Waals surface area contributed by atoms with Crippen LogP contribution >= 0.6 is 0 Å². The molecular weight excluding hydrogens is 382 g/mol. The number of halogens is 2. The van der Waals surface area contributed by atoms with E-state index in [1.165, 1.54) is 6.07 Å². The Hall–Kier alpha value is -3.40. The summed E-state index contributed by atoms with van der Waals surface area (Å²) >= 11 is 0. The molecular formula is C19H20F2N6O2. The summed E-state index contributed by atoms with van der Waals surface area (Å²) in [6.07, 6.45) is -0.147. The number of rotatable bonds is 7. The quantitative estimate of drug-likeness (QED) is 0.645. The number of tetrazole rings is 1. The molecule has 10 heteroatoms. The summed E-state index contributed by atoms with van der Waals surface area (Å²) in [4.78, 5) is 24.1. The van der Waals surface area contributed by atoms with Gasteiger partial charge in [0.25, 0.3) is 11.6 Å². The smallest absolute Gasteiger partial charge is 0.327 e. The monoisotopic (exact) mass is 402 g/mol. The molecule has 0 aliphatic carbocycles. The van der Waals surface area contributed by atoms with Crippen molar-refractivity contribution in [1.29, 1.82) is 0 Å². The summed E-state index contributed by atoms with van der Waals surface area (Å²) < 4.78 is 29.1. The zero-order chi connectivity index (χ0) is 21.0. The zero-order valence-corrected chi connectivity index (χ0v) is 15.8. The average molecular weight is 402 g/mol. The Morgan fingerprint density at radius 3 is 2.52 bits per heavy atom. The first-order chi connectivity index (χ1) is 13.9. The maximum Gasteiger partial charge on any atom is 0.364 e. The fraction of sp³-hybridized carbons (Fsp3) is 0.263. The molecule has 3 aromatic rings. The Bertz CT molecular complexity index is 1160. The molecule has 0 aliphatic heterocycles. The fourth-order valence-corrected chi connectivity index (χ4v) is 2.86. The first-order valence-corrected chi connectivity index (χ1v) is 8.96. The topological polar surface area (TPSA) is 101 Å². The largest absolute Gasteiger partial charge is 0.364 e. The van der Waals surface area contributed by atoms with E-state index in [4.69, 9.17) is 5.73 Å². The van der Waals surface area contributed by atoms with E-state index >= 15 is 0 Å². The second kappa shape index (κ2) is 8.74. The number of aromatic nitrogens is 5. The minimum atomic E-state index is -1.92. The van der Waals surface area contributed by atoms with Gasteiger partial charge in [0, 0.05) is 30.9 Å². The lowest BCUT2D eigenvalue weighted by Crippen LogP contribution is -2.27. The van der Waals surface area contributed by atoms with Gasteiger partial charge in [-0.25, -0.2) is 4.79 Å². The van der Waals surface area contributed by atoms with Crippen LogP contribution in [-0.2, 0) is 19.6 Å². The highest BCUT2D eigenvalue weighted by atomic mass is 19.3. The molecule has 0 aliphatic rings. The van der Waals surface area contributed by atoms with Crippen molar-refractivity contribution in [2.45, 2.75) is 26.6 Å². The predicted molar refractivity (Wildman–Crippen MR) is 103 cm³/mol. The maximum absolute atomic E-state index is 12.8. The first kappa shape index (κ1) is 20.3. The Morgan fingerprint density at radius 2 is 1.83 bits per heavy atom. The summed E-state index contributed by atoms with van der Waals surface area (Å²) in [5.74, 6) is 0. The van der Waals surface area contributed by atoms with E-state index in [0.717, 1.165) is 26.1 Å². The predicted octanol–water partition coefficient (Wildman–Crippen LogP) is 1.45. The van der Waals surface area contributed by atoms with Crippen molar-refractivity contribution in [3.63, 3.8) is 0 Å². The lowest BCUT2D eigenvalue weighted by atomic mass is 10.0. The molecule has 1 aromatic carbocycles. The Labute approximate surface area is 164 Å². The molecule has 2 aromatic heterocycles. The van der Waals surface area contributed by atoms with Crippen molar-refractivity contribution in [2.24, 2.45) is 5.73 Å². The SMILES string of the molecule is CCn1cc(-c2cccc(Cn3nnn(CC(CN)=C(F)F)c3=O)c2)ccc1=O. The van der Waals surface area contributed by atoms with Crippen LogP contribution in [0.15, 0.2) is 63.8 Å². The second-order valence-corrected chi connectivity index (χ2v) is 6.39. The summed E-state index contributed by atoms with van der Waals surface area (Å²) in [6.45, 7) is 1.79. The highest BCUT2D eigenvalue weighted by Gasteiger charge is 2.12. The lowest BCUT2D eigenvalue weighted by Gasteiger charge is -2.08. The van der Waals surface area contributed by atoms with Crippen LogP contribution in [0.25, 0.3) is 11.1 Å². The Morgan fingerprint density at radius 1 is 1.07 bits per heavy atom. The molecule has 0 fully saturated rings. The molecule has 3 rings (SSSR count). The van der Waals surface area contributed by atoms with Crippen LogP contribution in [0.5, 0.6) is 0 Å². The molecule has 2 N–H and O–H groups in total. The molecule has 0 amide bonds. The minimum absolute atomic E-state index is 0.0776. The van der Waals surface area contributed by atoms with Gasteiger partial charge in [0.2, 0.25) is 0 Å². The molecule has 0 unspecified atom stereocenters. The fourth-order valence-electron chi connectivity index (χ4n) is 2.86. The molecule has 0 saturated carbocycles. The van der Waals surface area contributed by atoms with E-state index in [-0.39, 0.29) is 24.2 Å². The van der Waals surface area contributed by atoms with Crippen LogP contribution < -0.4 is 17.0 Å². The highest BCUT2D eigenvalue weighted by Crippen LogP contribution is 2.19. The number of pyridine rings is 1. The summed E-state index contributed by atoms with van der Waals surface area (Å²) in [6, 6.07) is 10.7. The molecule has 8 nitrogen and oxygen atoms in total. The number of hydrogen-bond acceptors (Lipinski definition) is 5. The van der Waals surface area contributed by atoms with Gasteiger partial charge in [-0.2, -0.15) is 18.1 Å². The van der Waals surface area contributed by atoms with Gasteiger partial charge >= 0.3 is 5.69 Å². The van der Waals surface area contributed by atoms with E-state index in [1.807, 2.05) is 31.2 Å². The van der Waals surface area contributed by atoms with Crippen LogP contribution in [0.1, 0.15) is 12.5 Å². The molecule has 2 heterocycles. The molecule has 0 bridgehead atoms. The zero-order valence-electron chi connectivity index (χ0n) is 15.8. The van der Waals surface area contributed by atoms with Crippen LogP contribution in [0.3, 0.4) is 0 Å². The van der Waals surface area contributed by atoms with Crippen LogP contribution in [0, 0.1) is 0 Å². The molecule has 0 saturated heterocycles. The summed E-state index contributed by atoms with van der Waals surface area (Å²) in [5.41, 5.74) is 6.73. The van der Waals surface area contributed by atoms with Crippen molar-refractivity contribution in [3.8, 4) is 11.1 Å². The number of nitrogens with zero attached hydrogens (tertiary/aromatic N) is 5. The number of nitrogens with two attached hydrogens (primary N) is 1. The Kier molecular flexibility index (Phi) is 6.13. The van der Waals surface area contributed by atoms with Gasteiger partial charge in [0.15, 0.2) is 0 Å². The van der Waals surface area contributed by atoms with Gasteiger partial charge < -0.3 is 10.3 Å². The standard InChI is InChI=1S/C19H20F2N6O2/c1-2-25-11-15(6-7-17(25)28)14-5-3-4-13(8-14)10-26-19(29)27(24-23-26)12-16(9-22)18(20)21/h3-8,11H,2,9-10,12,22H2,1H3. The number of benzene rings is 1. The van der Waals surface area contributed by atoms with E-state index in [0.29, 0.717) is 6.54 Å². The van der Waals surface area contributed by atoms with E-state index in [1.54, 1.807) is 16.8 Å². The van der Waals surface area contributed by atoms with Gasteiger partial charge in [-0.1, -0.05) is 18.2 Å². The number of aryl methyl sites for hydroxylation is 1. The van der Waals surface area contributed by atoms with E-state index in [2.05, 4.69) is 10.4 Å². The molecule has 29 heavy (non-hydrogen) atoms. The molecule has 0 atom stereocenters. The van der Waals surface area contributed by atoms with Crippen LogP contribution in [0.4, 0.5) is 8.78 Å². The van der Waals surface area contributed by atoms with Crippen LogP contribution in [-0.4, -0.2) is 30.9 Å². The van der Waals surface area contributed by atoms with E-state index in [9.17, 15) is 18.4 Å². The molecule has 152 valence electrons. The van der Waals surface area contributed by atoms with Gasteiger partial charge in [-0.15, -0.1) is 0 Å². The minimum Gasteiger partial charge on any atom is -0.327 e. The van der Waals surface area contributed by atoms with Gasteiger partial charge in [0.05, 0.1) is 13.1 Å². The van der Waals surface area contributed by atoms with Crippen LogP contribution in [0.2, 0.25) is 0 Å². The van der Waals surface area contributed by atoms with Gasteiger partial charge in [0.1, 0.15) is 0 Å². The van der Waals surface area contributed by atoms with Crippen molar-refractivity contribution in [3.05, 3.63) is 80.7 Å². The summed E-state index contributed by atoms with van der Waals surface area (Å²) in [5, 5.41) is 7.41. The van der Waals surface area contributed by atoms with Crippen molar-refractivity contribution in [1.82, 2.24) is 24.4 Å². The lowest BCUT2D eigenvalue weighted by molar-refractivity contribution is 0.400. The van der Waals surface area contributed by atoms with Gasteiger partial charge in [-0.3, -0.25) is 4.79 Å². The Balaban J connectivity index is 1.86. The van der Waals surface area contributed by atoms with Crippen molar-refractivity contribution < 1.29 is 8.78 Å². The maximum atomic E-state index is 12.8. The van der Waals surface area contributed by atoms with Crippen molar-refractivity contribution in [2.75, 3.05) is 6.54 Å². The van der Waals surface area contributed by atoms with E-state index < -0.39 is 18.3 Å². The highest BCUT2D eigenvalue weighted by molar-refractivity contribution is 5.63. The third-order valence-corrected chi connectivity index (χ3v) is 4.47. The molecule has 0 spiro atoms. The second-order valence-electron chi connectivity index (χ2n) is 6.39. The third kappa shape index (κ3) is 4.54. The van der Waals surface area contributed by atoms with Gasteiger partial charge in [-0.05, 0) is 46.2 Å². The summed E-state index contributed by atoms with van der Waals surface area (Å²) in [7, 11) is 0. The first-order valence-electron chi connectivity index (χ1n) is 8.96.